The molecule has 2 aromatic rings. The van der Waals surface area contributed by atoms with E-state index in [1.165, 1.54) is 30.7 Å². The van der Waals surface area contributed by atoms with Crippen LogP contribution in [0.25, 0.3) is 11.3 Å². The lowest BCUT2D eigenvalue weighted by Crippen LogP contribution is -1.96. The lowest BCUT2D eigenvalue weighted by molar-refractivity contribution is 0.0697. The van der Waals surface area contributed by atoms with Gasteiger partial charge in [0.1, 0.15) is 0 Å². The number of carboxylic acid groups (broad SMARTS) is 1. The van der Waals surface area contributed by atoms with Crippen LogP contribution in [0.5, 0.6) is 0 Å². The lowest BCUT2D eigenvalue weighted by atomic mass is 10.1. The standard InChI is InChI=1S/C15H15NO2S/c17-15(18)12-7-3-6-11(8-12)13-9-19-14(16-13)10-4-1-2-5-10/h3,6-10H,1-2,4-5H2,(H,17,18). The Morgan fingerprint density at radius 2 is 2.11 bits per heavy atom. The van der Waals surface area contributed by atoms with Gasteiger partial charge in [-0.05, 0) is 25.0 Å². The SMILES string of the molecule is O=C(O)c1cccc(-c2csc(C3CCCC3)n2)c1. The maximum Gasteiger partial charge on any atom is 0.335 e. The van der Waals surface area contributed by atoms with Gasteiger partial charge >= 0.3 is 5.97 Å². The maximum atomic E-state index is 11.0. The second kappa shape index (κ2) is 5.13. The van der Waals surface area contributed by atoms with Crippen molar-refractivity contribution in [3.63, 3.8) is 0 Å². The fourth-order valence-corrected chi connectivity index (χ4v) is 3.59. The normalized spacial score (nSPS) is 15.8. The molecule has 1 saturated carbocycles. The van der Waals surface area contributed by atoms with Crippen molar-refractivity contribution >= 4 is 17.3 Å². The third kappa shape index (κ3) is 2.54. The zero-order valence-corrected chi connectivity index (χ0v) is 11.3. The molecule has 1 aromatic carbocycles. The predicted octanol–water partition coefficient (Wildman–Crippen LogP) is 4.17. The molecule has 0 atom stereocenters. The second-order valence-electron chi connectivity index (χ2n) is 4.94. The highest BCUT2D eigenvalue weighted by Gasteiger charge is 2.20. The molecule has 0 spiro atoms. The summed E-state index contributed by atoms with van der Waals surface area (Å²) in [6.45, 7) is 0. The first-order valence-electron chi connectivity index (χ1n) is 6.53. The quantitative estimate of drug-likeness (QED) is 0.913. The van der Waals surface area contributed by atoms with Crippen LogP contribution in [0.3, 0.4) is 0 Å². The molecule has 1 aliphatic rings. The third-order valence-corrected chi connectivity index (χ3v) is 4.64. The van der Waals surface area contributed by atoms with Crippen LogP contribution in [-0.4, -0.2) is 16.1 Å². The van der Waals surface area contributed by atoms with Crippen LogP contribution in [-0.2, 0) is 0 Å². The van der Waals surface area contributed by atoms with Crippen molar-refractivity contribution in [3.8, 4) is 11.3 Å². The van der Waals surface area contributed by atoms with Crippen LogP contribution in [0.2, 0.25) is 0 Å². The van der Waals surface area contributed by atoms with Gasteiger partial charge in [-0.3, -0.25) is 0 Å². The van der Waals surface area contributed by atoms with Gasteiger partial charge in [-0.15, -0.1) is 11.3 Å². The molecule has 1 N–H and O–H groups in total. The van der Waals surface area contributed by atoms with E-state index >= 15 is 0 Å². The fraction of sp³-hybridized carbons (Fsp3) is 0.333. The lowest BCUT2D eigenvalue weighted by Gasteiger charge is -2.03. The van der Waals surface area contributed by atoms with Crippen molar-refractivity contribution in [2.75, 3.05) is 0 Å². The van der Waals surface area contributed by atoms with E-state index in [0.717, 1.165) is 11.3 Å². The van der Waals surface area contributed by atoms with Crippen LogP contribution in [0.15, 0.2) is 29.6 Å². The summed E-state index contributed by atoms with van der Waals surface area (Å²) in [5, 5.41) is 12.3. The molecule has 4 heteroatoms. The summed E-state index contributed by atoms with van der Waals surface area (Å²) < 4.78 is 0. The number of carboxylic acids is 1. The van der Waals surface area contributed by atoms with Gasteiger partial charge in [0, 0.05) is 16.9 Å². The zero-order chi connectivity index (χ0) is 13.2. The molecule has 98 valence electrons. The minimum absolute atomic E-state index is 0.313. The number of rotatable bonds is 3. The van der Waals surface area contributed by atoms with E-state index in [0.29, 0.717) is 11.5 Å². The Labute approximate surface area is 115 Å². The molecule has 1 aromatic heterocycles. The van der Waals surface area contributed by atoms with E-state index < -0.39 is 5.97 Å². The van der Waals surface area contributed by atoms with Gasteiger partial charge in [0.05, 0.1) is 16.3 Å². The van der Waals surface area contributed by atoms with E-state index in [4.69, 9.17) is 5.11 Å². The highest BCUT2D eigenvalue weighted by molar-refractivity contribution is 7.10. The summed E-state index contributed by atoms with van der Waals surface area (Å²) in [5.41, 5.74) is 2.10. The average molecular weight is 273 g/mol. The molecule has 19 heavy (non-hydrogen) atoms. The van der Waals surface area contributed by atoms with Gasteiger partial charge in [0.15, 0.2) is 0 Å². The highest BCUT2D eigenvalue weighted by atomic mass is 32.1. The van der Waals surface area contributed by atoms with Crippen molar-refractivity contribution in [2.45, 2.75) is 31.6 Å². The Morgan fingerprint density at radius 1 is 1.32 bits per heavy atom. The maximum absolute atomic E-state index is 11.0. The van der Waals surface area contributed by atoms with Gasteiger partial charge in [-0.1, -0.05) is 25.0 Å². The van der Waals surface area contributed by atoms with E-state index in [2.05, 4.69) is 4.98 Å². The van der Waals surface area contributed by atoms with Gasteiger partial charge in [0.25, 0.3) is 0 Å². The van der Waals surface area contributed by atoms with E-state index in [-0.39, 0.29) is 0 Å². The molecule has 1 heterocycles. The van der Waals surface area contributed by atoms with Crippen molar-refractivity contribution in [3.05, 3.63) is 40.2 Å². The molecule has 3 rings (SSSR count). The number of thiazole rings is 1. The molecular weight excluding hydrogens is 258 g/mol. The minimum atomic E-state index is -0.895. The average Bonchev–Trinajstić information content (AvgIpc) is 3.09. The minimum Gasteiger partial charge on any atom is -0.478 e. The third-order valence-electron chi connectivity index (χ3n) is 3.63. The molecule has 0 aliphatic heterocycles. The van der Waals surface area contributed by atoms with Crippen LogP contribution < -0.4 is 0 Å². The number of carbonyl (C=O) groups is 1. The summed E-state index contributed by atoms with van der Waals surface area (Å²) in [6.07, 6.45) is 5.08. The van der Waals surface area contributed by atoms with E-state index in [9.17, 15) is 4.79 Å². The Morgan fingerprint density at radius 3 is 2.84 bits per heavy atom. The largest absolute Gasteiger partial charge is 0.478 e. The Kier molecular flexibility index (Phi) is 3.34. The van der Waals surface area contributed by atoms with Crippen LogP contribution in [0, 0.1) is 0 Å². The van der Waals surface area contributed by atoms with E-state index in [1.54, 1.807) is 29.5 Å². The summed E-state index contributed by atoms with van der Waals surface area (Å²) in [5.74, 6) is -0.283. The van der Waals surface area contributed by atoms with Crippen molar-refractivity contribution < 1.29 is 9.90 Å². The molecule has 0 radical (unpaired) electrons. The summed E-state index contributed by atoms with van der Waals surface area (Å²) in [6, 6.07) is 6.99. The predicted molar refractivity (Wildman–Crippen MR) is 75.7 cm³/mol. The first-order chi connectivity index (χ1) is 9.24. The Balaban J connectivity index is 1.89. The molecule has 1 aliphatic carbocycles. The van der Waals surface area contributed by atoms with Gasteiger partial charge < -0.3 is 5.11 Å². The summed E-state index contributed by atoms with van der Waals surface area (Å²) in [4.78, 5) is 15.7. The van der Waals surface area contributed by atoms with Gasteiger partial charge in [-0.2, -0.15) is 0 Å². The molecule has 0 saturated heterocycles. The number of benzene rings is 1. The monoisotopic (exact) mass is 273 g/mol. The Bertz CT molecular complexity index is 600. The fourth-order valence-electron chi connectivity index (χ4n) is 2.59. The van der Waals surface area contributed by atoms with Crippen molar-refractivity contribution in [1.82, 2.24) is 4.98 Å². The number of hydrogen-bond acceptors (Lipinski definition) is 3. The summed E-state index contributed by atoms with van der Waals surface area (Å²) in [7, 11) is 0. The topological polar surface area (TPSA) is 50.2 Å². The molecule has 1 fully saturated rings. The number of nitrogens with zero attached hydrogens (tertiary/aromatic N) is 1. The van der Waals surface area contributed by atoms with Crippen LogP contribution >= 0.6 is 11.3 Å². The van der Waals surface area contributed by atoms with Crippen LogP contribution in [0.4, 0.5) is 0 Å². The number of aromatic nitrogens is 1. The highest BCUT2D eigenvalue weighted by Crippen LogP contribution is 2.37. The van der Waals surface area contributed by atoms with Gasteiger partial charge in [0.2, 0.25) is 0 Å². The zero-order valence-electron chi connectivity index (χ0n) is 10.5. The van der Waals surface area contributed by atoms with Crippen LogP contribution in [0.1, 0.15) is 47.0 Å². The molecule has 0 unspecified atom stereocenters. The summed E-state index contributed by atoms with van der Waals surface area (Å²) >= 11 is 1.70. The van der Waals surface area contributed by atoms with Gasteiger partial charge in [-0.25, -0.2) is 9.78 Å². The van der Waals surface area contributed by atoms with Crippen molar-refractivity contribution in [1.29, 1.82) is 0 Å². The first kappa shape index (κ1) is 12.4. The number of hydrogen-bond donors (Lipinski definition) is 1. The molecular formula is C15H15NO2S. The molecule has 0 bridgehead atoms. The van der Waals surface area contributed by atoms with Crippen molar-refractivity contribution in [2.24, 2.45) is 0 Å². The second-order valence-corrected chi connectivity index (χ2v) is 5.83. The van der Waals surface area contributed by atoms with E-state index in [1.807, 2.05) is 11.4 Å². The number of aromatic carboxylic acids is 1. The first-order valence-corrected chi connectivity index (χ1v) is 7.41. The smallest absolute Gasteiger partial charge is 0.335 e. The molecule has 0 amide bonds. The Hall–Kier alpha value is -1.68. The molecule has 3 nitrogen and oxygen atoms in total.